The van der Waals surface area contributed by atoms with Crippen LogP contribution in [0.25, 0.3) is 0 Å². The van der Waals surface area contributed by atoms with Crippen LogP contribution in [0.1, 0.15) is 45.4 Å². The standard InChI is InChI=1S/C10H18O/c1-10-6-2-4-8(10)9(11)5-3-7-10/h8-9,11H,2-7H2,1H3/t8?,9-,10-/m0/s1. The van der Waals surface area contributed by atoms with Gasteiger partial charge in [-0.25, -0.2) is 0 Å². The summed E-state index contributed by atoms with van der Waals surface area (Å²) in [5, 5.41) is 9.74. The van der Waals surface area contributed by atoms with Crippen LogP contribution in [0.4, 0.5) is 0 Å². The first-order chi connectivity index (χ1) is 5.22. The molecule has 1 N–H and O–H groups in total. The van der Waals surface area contributed by atoms with Crippen molar-refractivity contribution in [3.05, 3.63) is 0 Å². The maximum atomic E-state index is 9.74. The first-order valence-electron chi connectivity index (χ1n) is 4.90. The van der Waals surface area contributed by atoms with Crippen molar-refractivity contribution in [2.45, 2.75) is 51.6 Å². The molecule has 64 valence electrons. The fourth-order valence-electron chi connectivity index (χ4n) is 3.14. The lowest BCUT2D eigenvalue weighted by molar-refractivity contribution is 0.00209. The van der Waals surface area contributed by atoms with E-state index in [9.17, 15) is 5.11 Å². The molecule has 1 unspecified atom stereocenters. The Hall–Kier alpha value is -0.0400. The van der Waals surface area contributed by atoms with Crippen molar-refractivity contribution in [1.29, 1.82) is 0 Å². The Kier molecular flexibility index (Phi) is 1.71. The first-order valence-corrected chi connectivity index (χ1v) is 4.90. The van der Waals surface area contributed by atoms with Crippen LogP contribution in [-0.4, -0.2) is 11.2 Å². The van der Waals surface area contributed by atoms with Crippen molar-refractivity contribution < 1.29 is 5.11 Å². The molecule has 0 aromatic rings. The molecule has 0 aromatic heterocycles. The summed E-state index contributed by atoms with van der Waals surface area (Å²) in [7, 11) is 0. The minimum absolute atomic E-state index is 0.0243. The molecule has 0 radical (unpaired) electrons. The lowest BCUT2D eigenvalue weighted by Gasteiger charge is -2.39. The van der Waals surface area contributed by atoms with Gasteiger partial charge in [-0.05, 0) is 37.0 Å². The summed E-state index contributed by atoms with van der Waals surface area (Å²) in [5.41, 5.74) is 0.512. The Morgan fingerprint density at radius 3 is 2.45 bits per heavy atom. The lowest BCUT2D eigenvalue weighted by atomic mass is 9.68. The van der Waals surface area contributed by atoms with Gasteiger partial charge in [-0.15, -0.1) is 0 Å². The molecule has 2 fully saturated rings. The summed E-state index contributed by atoms with van der Waals surface area (Å²) in [6, 6.07) is 0. The first kappa shape index (κ1) is 7.60. The summed E-state index contributed by atoms with van der Waals surface area (Å²) in [5.74, 6) is 0.635. The smallest absolute Gasteiger partial charge is 0.0573 e. The van der Waals surface area contributed by atoms with Gasteiger partial charge in [-0.1, -0.05) is 19.8 Å². The normalized spacial score (nSPS) is 50.7. The molecule has 0 saturated heterocycles. The van der Waals surface area contributed by atoms with Gasteiger partial charge in [0.25, 0.3) is 0 Å². The Balaban J connectivity index is 2.15. The topological polar surface area (TPSA) is 20.2 Å². The molecule has 2 aliphatic rings. The molecular formula is C10H18O. The number of rotatable bonds is 0. The van der Waals surface area contributed by atoms with Crippen molar-refractivity contribution in [2.24, 2.45) is 11.3 Å². The average Bonchev–Trinajstić information content (AvgIpc) is 2.31. The molecule has 0 amide bonds. The van der Waals surface area contributed by atoms with Crippen molar-refractivity contribution in [3.8, 4) is 0 Å². The summed E-state index contributed by atoms with van der Waals surface area (Å²) >= 11 is 0. The van der Waals surface area contributed by atoms with Gasteiger partial charge in [0.1, 0.15) is 0 Å². The quantitative estimate of drug-likeness (QED) is 0.568. The van der Waals surface area contributed by atoms with Crippen molar-refractivity contribution in [3.63, 3.8) is 0 Å². The molecule has 3 atom stereocenters. The number of fused-ring (bicyclic) bond motifs is 1. The summed E-state index contributed by atoms with van der Waals surface area (Å²) < 4.78 is 0. The molecule has 1 heteroatoms. The van der Waals surface area contributed by atoms with Crippen LogP contribution < -0.4 is 0 Å². The van der Waals surface area contributed by atoms with E-state index in [4.69, 9.17) is 0 Å². The Morgan fingerprint density at radius 1 is 1.18 bits per heavy atom. The minimum atomic E-state index is 0.0243. The van der Waals surface area contributed by atoms with E-state index in [0.29, 0.717) is 11.3 Å². The van der Waals surface area contributed by atoms with E-state index >= 15 is 0 Å². The van der Waals surface area contributed by atoms with Gasteiger partial charge in [-0.2, -0.15) is 0 Å². The predicted octanol–water partition coefficient (Wildman–Crippen LogP) is 2.34. The van der Waals surface area contributed by atoms with Crippen molar-refractivity contribution in [1.82, 2.24) is 0 Å². The zero-order valence-electron chi connectivity index (χ0n) is 7.34. The molecular weight excluding hydrogens is 136 g/mol. The molecule has 0 aliphatic heterocycles. The van der Waals surface area contributed by atoms with Crippen LogP contribution in [0.2, 0.25) is 0 Å². The molecule has 2 rings (SSSR count). The van der Waals surface area contributed by atoms with Gasteiger partial charge in [0, 0.05) is 0 Å². The van der Waals surface area contributed by atoms with Crippen molar-refractivity contribution in [2.75, 3.05) is 0 Å². The highest BCUT2D eigenvalue weighted by molar-refractivity contribution is 4.95. The third-order valence-electron chi connectivity index (χ3n) is 3.87. The lowest BCUT2D eigenvalue weighted by Crippen LogP contribution is -2.36. The molecule has 0 aromatic carbocycles. The predicted molar refractivity (Wildman–Crippen MR) is 45.3 cm³/mol. The van der Waals surface area contributed by atoms with Crippen LogP contribution in [0.5, 0.6) is 0 Å². The van der Waals surface area contributed by atoms with Crippen LogP contribution in [-0.2, 0) is 0 Å². The maximum absolute atomic E-state index is 9.74. The highest BCUT2D eigenvalue weighted by atomic mass is 16.3. The zero-order valence-corrected chi connectivity index (χ0v) is 7.34. The van der Waals surface area contributed by atoms with E-state index in [2.05, 4.69) is 6.92 Å². The van der Waals surface area contributed by atoms with Crippen LogP contribution >= 0.6 is 0 Å². The molecule has 0 spiro atoms. The zero-order chi connectivity index (χ0) is 7.90. The van der Waals surface area contributed by atoms with Crippen LogP contribution in [0, 0.1) is 11.3 Å². The largest absolute Gasteiger partial charge is 0.393 e. The van der Waals surface area contributed by atoms with E-state index in [1.165, 1.54) is 32.1 Å². The van der Waals surface area contributed by atoms with E-state index in [-0.39, 0.29) is 6.10 Å². The SMILES string of the molecule is C[C@@]12CCCC1[C@@H](O)CCC2. The van der Waals surface area contributed by atoms with Crippen LogP contribution in [0.15, 0.2) is 0 Å². The minimum Gasteiger partial charge on any atom is -0.393 e. The molecule has 0 bridgehead atoms. The number of hydrogen-bond acceptors (Lipinski definition) is 1. The van der Waals surface area contributed by atoms with Gasteiger partial charge in [0.15, 0.2) is 0 Å². The second-order valence-electron chi connectivity index (χ2n) is 4.61. The Bertz CT molecular complexity index is 155. The fourth-order valence-corrected chi connectivity index (χ4v) is 3.14. The molecule has 2 saturated carbocycles. The maximum Gasteiger partial charge on any atom is 0.0573 e. The van der Waals surface area contributed by atoms with Gasteiger partial charge < -0.3 is 5.11 Å². The van der Waals surface area contributed by atoms with Gasteiger partial charge in [0.2, 0.25) is 0 Å². The molecule has 1 nitrogen and oxygen atoms in total. The highest BCUT2D eigenvalue weighted by Crippen LogP contribution is 2.51. The summed E-state index contributed by atoms with van der Waals surface area (Å²) in [6.07, 6.45) is 7.66. The van der Waals surface area contributed by atoms with Crippen molar-refractivity contribution >= 4 is 0 Å². The van der Waals surface area contributed by atoms with Gasteiger partial charge in [0.05, 0.1) is 6.10 Å². The van der Waals surface area contributed by atoms with Gasteiger partial charge >= 0.3 is 0 Å². The highest BCUT2D eigenvalue weighted by Gasteiger charge is 2.44. The van der Waals surface area contributed by atoms with Crippen LogP contribution in [0.3, 0.4) is 0 Å². The van der Waals surface area contributed by atoms with E-state index in [1.54, 1.807) is 0 Å². The van der Waals surface area contributed by atoms with E-state index in [0.717, 1.165) is 6.42 Å². The third kappa shape index (κ3) is 1.10. The summed E-state index contributed by atoms with van der Waals surface area (Å²) in [4.78, 5) is 0. The molecule has 2 aliphatic carbocycles. The number of hydrogen-bond donors (Lipinski definition) is 1. The fraction of sp³-hybridized carbons (Fsp3) is 1.00. The second kappa shape index (κ2) is 2.48. The molecule has 11 heavy (non-hydrogen) atoms. The molecule has 0 heterocycles. The monoisotopic (exact) mass is 154 g/mol. The number of aliphatic hydroxyl groups is 1. The second-order valence-corrected chi connectivity index (χ2v) is 4.61. The Labute approximate surface area is 68.8 Å². The third-order valence-corrected chi connectivity index (χ3v) is 3.87. The Morgan fingerprint density at radius 2 is 1.82 bits per heavy atom. The summed E-state index contributed by atoms with van der Waals surface area (Å²) in [6.45, 7) is 2.37. The van der Waals surface area contributed by atoms with E-state index < -0.39 is 0 Å². The van der Waals surface area contributed by atoms with E-state index in [1.807, 2.05) is 0 Å². The number of aliphatic hydroxyl groups excluding tert-OH is 1. The average molecular weight is 154 g/mol. The van der Waals surface area contributed by atoms with Gasteiger partial charge in [-0.3, -0.25) is 0 Å².